The van der Waals surface area contributed by atoms with Crippen molar-refractivity contribution < 1.29 is 4.57 Å². The molecule has 0 bridgehead atoms. The largest absolute Gasteiger partial charge is 0.225 e. The molecule has 0 saturated carbocycles. The fourth-order valence-corrected chi connectivity index (χ4v) is 2.40. The summed E-state index contributed by atoms with van der Waals surface area (Å²) in [6.07, 6.45) is 2.53. The number of unbranched alkanes of at least 4 members (excludes halogenated alkanes) is 1. The van der Waals surface area contributed by atoms with Gasteiger partial charge in [0.15, 0.2) is 0 Å². The highest BCUT2D eigenvalue weighted by molar-refractivity contribution is 7.16. The van der Waals surface area contributed by atoms with Crippen LogP contribution in [0.3, 0.4) is 0 Å². The van der Waals surface area contributed by atoms with Gasteiger partial charge in [0.1, 0.15) is 11.2 Å². The number of para-hydroxylation sites is 1. The maximum Gasteiger partial charge on any atom is 0.225 e. The molecule has 0 aliphatic carbocycles. The number of benzene rings is 1. The van der Waals surface area contributed by atoms with Crippen LogP contribution in [0.4, 0.5) is 0 Å². The van der Waals surface area contributed by atoms with Crippen LogP contribution in [-0.4, -0.2) is 0 Å². The van der Waals surface area contributed by atoms with Gasteiger partial charge in [0, 0.05) is 12.5 Å². The normalized spacial score (nSPS) is 10.8. The van der Waals surface area contributed by atoms with Crippen molar-refractivity contribution in [1.82, 2.24) is 0 Å². The average molecular weight is 192 g/mol. The number of nitrogens with zero attached hydrogens (tertiary/aromatic N) is 1. The minimum atomic E-state index is 1.15. The predicted octanol–water partition coefficient (Wildman–Crippen LogP) is 2.99. The highest BCUT2D eigenvalue weighted by Crippen LogP contribution is 2.14. The van der Waals surface area contributed by atoms with E-state index < -0.39 is 0 Å². The van der Waals surface area contributed by atoms with Gasteiger partial charge in [0.05, 0.1) is 0 Å². The summed E-state index contributed by atoms with van der Waals surface area (Å²) < 4.78 is 3.74. The van der Waals surface area contributed by atoms with Crippen molar-refractivity contribution in [2.24, 2.45) is 0 Å². The van der Waals surface area contributed by atoms with Crippen molar-refractivity contribution >= 4 is 21.6 Å². The Morgan fingerprint density at radius 1 is 1.31 bits per heavy atom. The molecule has 0 amide bonds. The van der Waals surface area contributed by atoms with Gasteiger partial charge in [-0.2, -0.15) is 4.57 Å². The lowest BCUT2D eigenvalue weighted by Gasteiger charge is -1.91. The van der Waals surface area contributed by atoms with Crippen LogP contribution in [0, 0.1) is 0 Å². The first kappa shape index (κ1) is 8.70. The van der Waals surface area contributed by atoms with E-state index >= 15 is 0 Å². The van der Waals surface area contributed by atoms with Gasteiger partial charge in [-0.05, 0) is 6.07 Å². The van der Waals surface area contributed by atoms with E-state index in [4.69, 9.17) is 0 Å². The van der Waals surface area contributed by atoms with Crippen molar-refractivity contribution in [3.63, 3.8) is 0 Å². The van der Waals surface area contributed by atoms with Crippen molar-refractivity contribution in [1.29, 1.82) is 0 Å². The van der Waals surface area contributed by atoms with Crippen LogP contribution in [0.5, 0.6) is 0 Å². The third-order valence-electron chi connectivity index (χ3n) is 2.23. The first-order valence-corrected chi connectivity index (χ1v) is 5.65. The maximum absolute atomic E-state index is 2.35. The molecular weight excluding hydrogens is 178 g/mol. The monoisotopic (exact) mass is 192 g/mol. The number of hydrogen-bond acceptors (Lipinski definition) is 1. The third kappa shape index (κ3) is 1.73. The average Bonchev–Trinajstić information content (AvgIpc) is 2.58. The van der Waals surface area contributed by atoms with Gasteiger partial charge in [-0.1, -0.05) is 36.8 Å². The Balaban J connectivity index is 2.35. The van der Waals surface area contributed by atoms with Gasteiger partial charge >= 0.3 is 0 Å². The topological polar surface area (TPSA) is 3.88 Å². The summed E-state index contributed by atoms with van der Waals surface area (Å²) in [4.78, 5) is 0. The lowest BCUT2D eigenvalue weighted by Crippen LogP contribution is -2.31. The summed E-state index contributed by atoms with van der Waals surface area (Å²) in [6, 6.07) is 8.59. The Bertz CT molecular complexity index is 392. The highest BCUT2D eigenvalue weighted by atomic mass is 32.1. The molecule has 0 atom stereocenters. The molecule has 0 aliphatic heterocycles. The van der Waals surface area contributed by atoms with Crippen molar-refractivity contribution in [3.8, 4) is 0 Å². The number of aromatic nitrogens is 1. The Morgan fingerprint density at radius 3 is 3.00 bits per heavy atom. The number of aryl methyl sites for hydroxylation is 1. The van der Waals surface area contributed by atoms with Crippen LogP contribution < -0.4 is 4.57 Å². The quantitative estimate of drug-likeness (QED) is 0.658. The molecule has 2 heteroatoms. The Hall–Kier alpha value is -0.890. The van der Waals surface area contributed by atoms with Crippen LogP contribution in [0.1, 0.15) is 19.8 Å². The number of rotatable bonds is 3. The molecule has 2 rings (SSSR count). The van der Waals surface area contributed by atoms with Gasteiger partial charge in [0.25, 0.3) is 0 Å². The second-order valence-corrected chi connectivity index (χ2v) is 4.12. The first-order valence-electron chi connectivity index (χ1n) is 4.77. The number of thiazole rings is 1. The predicted molar refractivity (Wildman–Crippen MR) is 56.9 cm³/mol. The van der Waals surface area contributed by atoms with E-state index in [9.17, 15) is 0 Å². The molecule has 2 aromatic rings. The molecule has 0 spiro atoms. The zero-order valence-electron chi connectivity index (χ0n) is 7.86. The maximum atomic E-state index is 2.35. The minimum Gasteiger partial charge on any atom is -0.188 e. The molecule has 0 fully saturated rings. The fraction of sp³-hybridized carbons (Fsp3) is 0.364. The van der Waals surface area contributed by atoms with Crippen molar-refractivity contribution in [2.45, 2.75) is 26.3 Å². The van der Waals surface area contributed by atoms with Crippen molar-refractivity contribution in [2.75, 3.05) is 0 Å². The second-order valence-electron chi connectivity index (χ2n) is 3.24. The standard InChI is InChI=1S/C11H14NS/c1-2-3-8-12-9-13-11-7-5-4-6-10(11)12/h4-7,9H,2-3,8H2,1H3/q+1. The number of fused-ring (bicyclic) bond motifs is 1. The molecule has 0 saturated heterocycles. The SMILES string of the molecule is CCCC[n+]1csc2ccccc21. The molecule has 1 heterocycles. The smallest absolute Gasteiger partial charge is 0.188 e. The Morgan fingerprint density at radius 2 is 2.15 bits per heavy atom. The summed E-state index contributed by atoms with van der Waals surface area (Å²) in [5.74, 6) is 0. The lowest BCUT2D eigenvalue weighted by atomic mass is 10.3. The summed E-state index contributed by atoms with van der Waals surface area (Å²) in [6.45, 7) is 3.38. The molecule has 68 valence electrons. The molecule has 0 unspecified atom stereocenters. The van der Waals surface area contributed by atoms with Crippen LogP contribution >= 0.6 is 11.3 Å². The minimum absolute atomic E-state index is 1.15. The molecular formula is C11H14NS+. The van der Waals surface area contributed by atoms with E-state index in [1.807, 2.05) is 11.3 Å². The molecule has 0 aliphatic rings. The van der Waals surface area contributed by atoms with E-state index in [1.54, 1.807) is 0 Å². The van der Waals surface area contributed by atoms with E-state index in [0.29, 0.717) is 0 Å². The summed E-state index contributed by atoms with van der Waals surface area (Å²) in [5.41, 5.74) is 3.60. The fourth-order valence-electron chi connectivity index (χ4n) is 1.47. The molecule has 0 N–H and O–H groups in total. The summed E-state index contributed by atoms with van der Waals surface area (Å²) in [5, 5.41) is 0. The van der Waals surface area contributed by atoms with E-state index in [1.165, 1.54) is 23.1 Å². The molecule has 1 nitrogen and oxygen atoms in total. The third-order valence-corrected chi connectivity index (χ3v) is 3.19. The Labute approximate surface area is 82.6 Å². The zero-order chi connectivity index (χ0) is 9.10. The van der Waals surface area contributed by atoms with Crippen molar-refractivity contribution in [3.05, 3.63) is 29.8 Å². The number of hydrogen-bond donors (Lipinski definition) is 0. The lowest BCUT2D eigenvalue weighted by molar-refractivity contribution is -0.667. The van der Waals surface area contributed by atoms with Crippen LogP contribution in [-0.2, 0) is 6.54 Å². The molecule has 13 heavy (non-hydrogen) atoms. The molecule has 0 radical (unpaired) electrons. The molecule has 1 aromatic heterocycles. The van der Waals surface area contributed by atoms with Gasteiger partial charge in [-0.25, -0.2) is 0 Å². The summed E-state index contributed by atoms with van der Waals surface area (Å²) >= 11 is 1.83. The van der Waals surface area contributed by atoms with E-state index in [-0.39, 0.29) is 0 Å². The summed E-state index contributed by atoms with van der Waals surface area (Å²) in [7, 11) is 0. The van der Waals surface area contributed by atoms with Gasteiger partial charge in [-0.3, -0.25) is 0 Å². The van der Waals surface area contributed by atoms with E-state index in [2.05, 4.69) is 41.3 Å². The van der Waals surface area contributed by atoms with E-state index in [0.717, 1.165) is 6.54 Å². The van der Waals surface area contributed by atoms with Gasteiger partial charge < -0.3 is 0 Å². The van der Waals surface area contributed by atoms with Crippen LogP contribution in [0.25, 0.3) is 10.2 Å². The molecule has 1 aromatic carbocycles. The van der Waals surface area contributed by atoms with Crippen LogP contribution in [0.15, 0.2) is 29.8 Å². The first-order chi connectivity index (χ1) is 6.42. The van der Waals surface area contributed by atoms with Crippen LogP contribution in [0.2, 0.25) is 0 Å². The van der Waals surface area contributed by atoms with Gasteiger partial charge in [-0.15, -0.1) is 0 Å². The zero-order valence-corrected chi connectivity index (χ0v) is 8.68. The highest BCUT2D eigenvalue weighted by Gasteiger charge is 2.08. The second kappa shape index (κ2) is 3.88. The van der Waals surface area contributed by atoms with Gasteiger partial charge in [0.2, 0.25) is 11.0 Å². The Kier molecular flexibility index (Phi) is 2.60.